The fourth-order valence-electron chi connectivity index (χ4n) is 2.47. The Morgan fingerprint density at radius 2 is 2.09 bits per heavy atom. The molecule has 114 valence electrons. The number of nitrogens with one attached hydrogen (secondary N) is 2. The van der Waals surface area contributed by atoms with Gasteiger partial charge in [0.25, 0.3) is 11.8 Å². The molecule has 1 aliphatic rings. The first-order chi connectivity index (χ1) is 10.6. The zero-order valence-electron chi connectivity index (χ0n) is 12.4. The van der Waals surface area contributed by atoms with Gasteiger partial charge >= 0.3 is 0 Å². The molecular formula is C15H17N5O2. The fourth-order valence-corrected chi connectivity index (χ4v) is 2.47. The molecule has 0 radical (unpaired) electrons. The number of rotatable bonds is 3. The van der Waals surface area contributed by atoms with Crippen molar-refractivity contribution in [2.45, 2.75) is 32.5 Å². The van der Waals surface area contributed by atoms with E-state index in [1.165, 1.54) is 4.68 Å². The van der Waals surface area contributed by atoms with Crippen LogP contribution in [0.4, 0.5) is 0 Å². The maximum Gasteiger partial charge on any atom is 0.274 e. The zero-order chi connectivity index (χ0) is 15.7. The second-order valence-electron chi connectivity index (χ2n) is 5.53. The third-order valence-corrected chi connectivity index (χ3v) is 3.45. The molecule has 7 heteroatoms. The van der Waals surface area contributed by atoms with Gasteiger partial charge in [-0.15, -0.1) is 5.10 Å². The minimum absolute atomic E-state index is 0.0337. The quantitative estimate of drug-likeness (QED) is 0.881. The van der Waals surface area contributed by atoms with Gasteiger partial charge in [-0.3, -0.25) is 9.59 Å². The van der Waals surface area contributed by atoms with Gasteiger partial charge in [-0.2, -0.15) is 0 Å². The molecule has 1 aliphatic heterocycles. The smallest absolute Gasteiger partial charge is 0.274 e. The third-order valence-electron chi connectivity index (χ3n) is 3.45. The van der Waals surface area contributed by atoms with E-state index in [-0.39, 0.29) is 35.3 Å². The van der Waals surface area contributed by atoms with Crippen LogP contribution in [0.1, 0.15) is 46.4 Å². The van der Waals surface area contributed by atoms with E-state index < -0.39 is 0 Å². The Morgan fingerprint density at radius 1 is 1.36 bits per heavy atom. The molecule has 3 rings (SSSR count). The van der Waals surface area contributed by atoms with Gasteiger partial charge in [-0.25, -0.2) is 4.68 Å². The van der Waals surface area contributed by atoms with E-state index in [1.54, 1.807) is 0 Å². The summed E-state index contributed by atoms with van der Waals surface area (Å²) in [7, 11) is 0. The van der Waals surface area contributed by atoms with Crippen LogP contribution < -0.4 is 10.6 Å². The van der Waals surface area contributed by atoms with E-state index in [0.29, 0.717) is 6.54 Å². The van der Waals surface area contributed by atoms with Crippen LogP contribution in [-0.2, 0) is 6.54 Å². The molecule has 2 N–H and O–H groups in total. The summed E-state index contributed by atoms with van der Waals surface area (Å²) < 4.78 is 1.49. The van der Waals surface area contributed by atoms with Crippen molar-refractivity contribution in [3.8, 4) is 0 Å². The van der Waals surface area contributed by atoms with Crippen molar-refractivity contribution >= 4 is 11.8 Å². The molecule has 0 saturated heterocycles. The van der Waals surface area contributed by atoms with Gasteiger partial charge in [-0.1, -0.05) is 35.5 Å². The van der Waals surface area contributed by atoms with E-state index in [9.17, 15) is 9.59 Å². The monoisotopic (exact) mass is 299 g/mol. The summed E-state index contributed by atoms with van der Waals surface area (Å²) in [6, 6.07) is 9.43. The van der Waals surface area contributed by atoms with Crippen molar-refractivity contribution in [2.24, 2.45) is 0 Å². The minimum atomic E-state index is -0.385. The lowest BCUT2D eigenvalue weighted by Gasteiger charge is -2.24. The van der Waals surface area contributed by atoms with E-state index in [1.807, 2.05) is 44.2 Å². The summed E-state index contributed by atoms with van der Waals surface area (Å²) in [5.74, 6) is -0.719. The fraction of sp³-hybridized carbons (Fsp3) is 0.333. The van der Waals surface area contributed by atoms with E-state index in [4.69, 9.17) is 0 Å². The van der Waals surface area contributed by atoms with Crippen molar-refractivity contribution in [3.05, 3.63) is 47.3 Å². The number of fused-ring (bicyclic) bond motifs is 1. The number of amides is 2. The number of nitrogens with zero attached hydrogens (tertiary/aromatic N) is 3. The van der Waals surface area contributed by atoms with Crippen LogP contribution in [0.25, 0.3) is 0 Å². The Morgan fingerprint density at radius 3 is 2.77 bits per heavy atom. The lowest BCUT2D eigenvalue weighted by Crippen LogP contribution is -2.40. The molecule has 7 nitrogen and oxygen atoms in total. The Bertz CT molecular complexity index is 708. The van der Waals surface area contributed by atoms with Gasteiger partial charge in [-0.05, 0) is 19.4 Å². The molecule has 0 aliphatic carbocycles. The molecule has 0 bridgehead atoms. The minimum Gasteiger partial charge on any atom is -0.348 e. The van der Waals surface area contributed by atoms with Crippen molar-refractivity contribution in [3.63, 3.8) is 0 Å². The summed E-state index contributed by atoms with van der Waals surface area (Å²) in [4.78, 5) is 24.4. The molecular weight excluding hydrogens is 282 g/mol. The molecule has 2 aromatic rings. The van der Waals surface area contributed by atoms with E-state index in [0.717, 1.165) is 5.56 Å². The normalized spacial score (nSPS) is 17.0. The van der Waals surface area contributed by atoms with Crippen LogP contribution in [0.15, 0.2) is 30.3 Å². The van der Waals surface area contributed by atoms with Crippen molar-refractivity contribution in [2.75, 3.05) is 0 Å². The van der Waals surface area contributed by atoms with E-state index >= 15 is 0 Å². The molecule has 1 aromatic heterocycles. The van der Waals surface area contributed by atoms with Crippen LogP contribution in [0.5, 0.6) is 0 Å². The van der Waals surface area contributed by atoms with Gasteiger partial charge < -0.3 is 10.6 Å². The van der Waals surface area contributed by atoms with Crippen LogP contribution in [0.3, 0.4) is 0 Å². The highest BCUT2D eigenvalue weighted by atomic mass is 16.2. The van der Waals surface area contributed by atoms with Gasteiger partial charge in [0.1, 0.15) is 0 Å². The number of hydrogen-bond donors (Lipinski definition) is 2. The number of carbonyl (C=O) groups excluding carboxylic acids is 2. The van der Waals surface area contributed by atoms with Gasteiger partial charge in [0.05, 0.1) is 12.6 Å². The SMILES string of the molecule is CC(C)NC(=O)c1nnn2c1C(=O)N[C@@H](c1ccccc1)C2. The lowest BCUT2D eigenvalue weighted by molar-refractivity contribution is 0.0873. The summed E-state index contributed by atoms with van der Waals surface area (Å²) in [6.45, 7) is 4.14. The standard InChI is InChI=1S/C15H17N5O2/c1-9(2)16-14(21)12-13-15(22)17-11(8-20(13)19-18-12)10-6-4-3-5-7-10/h3-7,9,11H,8H2,1-2H3,(H,16,21)(H,17,22)/t11-/m1/s1. The molecule has 2 heterocycles. The highest BCUT2D eigenvalue weighted by Gasteiger charge is 2.32. The Balaban J connectivity index is 1.89. The first-order valence-electron chi connectivity index (χ1n) is 7.16. The Hall–Kier alpha value is -2.70. The number of aromatic nitrogens is 3. The second-order valence-corrected chi connectivity index (χ2v) is 5.53. The molecule has 0 spiro atoms. The topological polar surface area (TPSA) is 88.9 Å². The molecule has 1 atom stereocenters. The van der Waals surface area contributed by atoms with Gasteiger partial charge in [0, 0.05) is 6.04 Å². The van der Waals surface area contributed by atoms with Crippen LogP contribution in [-0.4, -0.2) is 32.9 Å². The molecule has 22 heavy (non-hydrogen) atoms. The van der Waals surface area contributed by atoms with Crippen molar-refractivity contribution in [1.29, 1.82) is 0 Å². The number of carbonyl (C=O) groups is 2. The summed E-state index contributed by atoms with van der Waals surface area (Å²) >= 11 is 0. The average molecular weight is 299 g/mol. The Kier molecular flexibility index (Phi) is 3.62. The average Bonchev–Trinajstić information content (AvgIpc) is 2.92. The zero-order valence-corrected chi connectivity index (χ0v) is 12.4. The molecule has 1 aromatic carbocycles. The highest BCUT2D eigenvalue weighted by Crippen LogP contribution is 2.21. The summed E-state index contributed by atoms with van der Waals surface area (Å²) in [5.41, 5.74) is 1.27. The summed E-state index contributed by atoms with van der Waals surface area (Å²) in [5, 5.41) is 13.5. The maximum atomic E-state index is 12.3. The number of benzene rings is 1. The maximum absolute atomic E-state index is 12.3. The molecule has 0 saturated carbocycles. The first-order valence-corrected chi connectivity index (χ1v) is 7.16. The largest absolute Gasteiger partial charge is 0.348 e. The highest BCUT2D eigenvalue weighted by molar-refractivity contribution is 6.05. The van der Waals surface area contributed by atoms with Gasteiger partial charge in [0.2, 0.25) is 0 Å². The first kappa shape index (κ1) is 14.2. The molecule has 2 amide bonds. The van der Waals surface area contributed by atoms with Crippen LogP contribution in [0.2, 0.25) is 0 Å². The van der Waals surface area contributed by atoms with Crippen LogP contribution in [0, 0.1) is 0 Å². The lowest BCUT2D eigenvalue weighted by atomic mass is 10.0. The molecule has 0 fully saturated rings. The predicted molar refractivity (Wildman–Crippen MR) is 79.3 cm³/mol. The third kappa shape index (κ3) is 2.57. The van der Waals surface area contributed by atoms with Crippen molar-refractivity contribution in [1.82, 2.24) is 25.6 Å². The predicted octanol–water partition coefficient (Wildman–Crippen LogP) is 0.901. The van der Waals surface area contributed by atoms with Crippen LogP contribution >= 0.6 is 0 Å². The Labute approximate surface area is 127 Å². The molecule has 0 unspecified atom stereocenters. The number of hydrogen-bond acceptors (Lipinski definition) is 4. The second kappa shape index (κ2) is 5.59. The van der Waals surface area contributed by atoms with E-state index in [2.05, 4.69) is 20.9 Å². The summed E-state index contributed by atoms with van der Waals surface area (Å²) in [6.07, 6.45) is 0. The van der Waals surface area contributed by atoms with Crippen molar-refractivity contribution < 1.29 is 9.59 Å². The van der Waals surface area contributed by atoms with Gasteiger partial charge in [0.15, 0.2) is 11.4 Å².